The number of nitro groups is 1. The molecular formula is C20H19N3O3. The molecule has 132 valence electrons. The van der Waals surface area contributed by atoms with Gasteiger partial charge in [-0.15, -0.1) is 0 Å². The summed E-state index contributed by atoms with van der Waals surface area (Å²) in [6, 6.07) is 14.9. The van der Waals surface area contributed by atoms with Crippen LogP contribution >= 0.6 is 0 Å². The van der Waals surface area contributed by atoms with Crippen molar-refractivity contribution in [2.45, 2.75) is 6.92 Å². The van der Waals surface area contributed by atoms with Gasteiger partial charge in [0, 0.05) is 36.2 Å². The van der Waals surface area contributed by atoms with Crippen LogP contribution in [0.5, 0.6) is 0 Å². The molecule has 0 unspecified atom stereocenters. The minimum absolute atomic E-state index is 0.0838. The maximum absolute atomic E-state index is 11.2. The van der Waals surface area contributed by atoms with E-state index in [4.69, 9.17) is 9.72 Å². The minimum atomic E-state index is -0.364. The van der Waals surface area contributed by atoms with Gasteiger partial charge in [-0.3, -0.25) is 10.1 Å². The highest BCUT2D eigenvalue weighted by Gasteiger charge is 2.22. The van der Waals surface area contributed by atoms with Crippen molar-refractivity contribution in [2.75, 3.05) is 31.2 Å². The van der Waals surface area contributed by atoms with Crippen molar-refractivity contribution in [3.8, 4) is 11.1 Å². The molecule has 3 aromatic rings. The third-order valence-electron chi connectivity index (χ3n) is 4.79. The van der Waals surface area contributed by atoms with Gasteiger partial charge in [0.25, 0.3) is 5.69 Å². The van der Waals surface area contributed by atoms with Crippen LogP contribution in [0.1, 0.15) is 5.56 Å². The molecule has 6 heteroatoms. The van der Waals surface area contributed by atoms with Crippen LogP contribution in [0.25, 0.3) is 22.0 Å². The summed E-state index contributed by atoms with van der Waals surface area (Å²) in [6.07, 6.45) is 0. The number of aromatic nitrogens is 1. The lowest BCUT2D eigenvalue weighted by Gasteiger charge is -2.30. The normalized spacial score (nSPS) is 14.6. The Labute approximate surface area is 151 Å². The molecule has 4 rings (SSSR count). The summed E-state index contributed by atoms with van der Waals surface area (Å²) < 4.78 is 5.48. The monoisotopic (exact) mass is 349 g/mol. The molecule has 26 heavy (non-hydrogen) atoms. The van der Waals surface area contributed by atoms with E-state index in [1.165, 1.54) is 6.07 Å². The van der Waals surface area contributed by atoms with Gasteiger partial charge in [0.1, 0.15) is 5.82 Å². The van der Waals surface area contributed by atoms with E-state index in [1.807, 2.05) is 25.1 Å². The standard InChI is InChI=1S/C20H19N3O3/c1-14-17-13-16(23(24)25)7-8-18(17)21-20(22-9-11-26-12-10-22)19(14)15-5-3-2-4-6-15/h2-8,13H,9-12H2,1H3. The summed E-state index contributed by atoms with van der Waals surface area (Å²) >= 11 is 0. The highest BCUT2D eigenvalue weighted by Crippen LogP contribution is 2.37. The Morgan fingerprint density at radius 1 is 1.12 bits per heavy atom. The molecule has 0 N–H and O–H groups in total. The van der Waals surface area contributed by atoms with Crippen LogP contribution in [0, 0.1) is 17.0 Å². The Bertz CT molecular complexity index is 967. The molecule has 0 spiro atoms. The van der Waals surface area contributed by atoms with Gasteiger partial charge >= 0.3 is 0 Å². The van der Waals surface area contributed by atoms with E-state index in [1.54, 1.807) is 12.1 Å². The summed E-state index contributed by atoms with van der Waals surface area (Å²) in [4.78, 5) is 17.9. The number of fused-ring (bicyclic) bond motifs is 1. The largest absolute Gasteiger partial charge is 0.378 e. The maximum Gasteiger partial charge on any atom is 0.270 e. The molecule has 2 aromatic carbocycles. The fraction of sp³-hybridized carbons (Fsp3) is 0.250. The molecule has 1 saturated heterocycles. The van der Waals surface area contributed by atoms with Crippen LogP contribution in [0.2, 0.25) is 0 Å². The van der Waals surface area contributed by atoms with E-state index in [9.17, 15) is 10.1 Å². The predicted molar refractivity (Wildman–Crippen MR) is 102 cm³/mol. The van der Waals surface area contributed by atoms with E-state index in [0.29, 0.717) is 13.2 Å². The zero-order valence-corrected chi connectivity index (χ0v) is 14.5. The summed E-state index contributed by atoms with van der Waals surface area (Å²) in [7, 11) is 0. The first-order chi connectivity index (χ1) is 12.6. The van der Waals surface area contributed by atoms with E-state index in [-0.39, 0.29) is 10.6 Å². The molecule has 0 amide bonds. The zero-order valence-electron chi connectivity index (χ0n) is 14.5. The summed E-state index contributed by atoms with van der Waals surface area (Å²) in [5.74, 6) is 0.915. The second kappa shape index (κ2) is 6.72. The van der Waals surface area contributed by atoms with Gasteiger partial charge < -0.3 is 9.64 Å². The lowest BCUT2D eigenvalue weighted by molar-refractivity contribution is -0.384. The van der Waals surface area contributed by atoms with Crippen molar-refractivity contribution in [3.63, 3.8) is 0 Å². The maximum atomic E-state index is 11.2. The minimum Gasteiger partial charge on any atom is -0.378 e. The smallest absolute Gasteiger partial charge is 0.270 e. The molecule has 1 aliphatic rings. The zero-order chi connectivity index (χ0) is 18.1. The number of nitrogens with zero attached hydrogens (tertiary/aromatic N) is 3. The van der Waals surface area contributed by atoms with E-state index < -0.39 is 0 Å². The van der Waals surface area contributed by atoms with E-state index in [2.05, 4.69) is 17.0 Å². The van der Waals surface area contributed by atoms with Gasteiger partial charge in [-0.05, 0) is 24.1 Å². The SMILES string of the molecule is Cc1c(-c2ccccc2)c(N2CCOCC2)nc2ccc([N+](=O)[O-])cc12. The van der Waals surface area contributed by atoms with Crippen molar-refractivity contribution in [1.82, 2.24) is 4.98 Å². The molecular weight excluding hydrogens is 330 g/mol. The molecule has 0 aliphatic carbocycles. The first-order valence-corrected chi connectivity index (χ1v) is 8.62. The van der Waals surface area contributed by atoms with Crippen molar-refractivity contribution >= 4 is 22.4 Å². The molecule has 2 heterocycles. The van der Waals surface area contributed by atoms with Crippen molar-refractivity contribution in [2.24, 2.45) is 0 Å². The Morgan fingerprint density at radius 2 is 1.85 bits per heavy atom. The molecule has 1 aliphatic heterocycles. The Morgan fingerprint density at radius 3 is 2.54 bits per heavy atom. The molecule has 0 atom stereocenters. The van der Waals surface area contributed by atoms with Crippen LogP contribution in [0.4, 0.5) is 11.5 Å². The second-order valence-electron chi connectivity index (χ2n) is 6.36. The van der Waals surface area contributed by atoms with Gasteiger partial charge in [-0.2, -0.15) is 0 Å². The Kier molecular flexibility index (Phi) is 4.26. The Balaban J connectivity index is 1.99. The average molecular weight is 349 g/mol. The molecule has 1 aromatic heterocycles. The van der Waals surface area contributed by atoms with Crippen LogP contribution in [-0.2, 0) is 4.74 Å². The predicted octanol–water partition coefficient (Wildman–Crippen LogP) is 3.96. The first kappa shape index (κ1) is 16.5. The number of nitro benzene ring substituents is 1. The third-order valence-corrected chi connectivity index (χ3v) is 4.79. The number of non-ortho nitro benzene ring substituents is 1. The molecule has 6 nitrogen and oxygen atoms in total. The quantitative estimate of drug-likeness (QED) is 0.529. The second-order valence-corrected chi connectivity index (χ2v) is 6.36. The molecule has 0 saturated carbocycles. The third kappa shape index (κ3) is 2.88. The molecule has 0 bridgehead atoms. The highest BCUT2D eigenvalue weighted by atomic mass is 16.6. The fourth-order valence-electron chi connectivity index (χ4n) is 3.46. The number of pyridine rings is 1. The van der Waals surface area contributed by atoms with Gasteiger partial charge in [0.15, 0.2) is 0 Å². The van der Waals surface area contributed by atoms with E-state index in [0.717, 1.165) is 46.5 Å². The number of rotatable bonds is 3. The van der Waals surface area contributed by atoms with Crippen LogP contribution in [0.3, 0.4) is 0 Å². The number of aryl methyl sites for hydroxylation is 1. The number of hydrogen-bond donors (Lipinski definition) is 0. The summed E-state index contributed by atoms with van der Waals surface area (Å²) in [5.41, 5.74) is 3.95. The van der Waals surface area contributed by atoms with Crippen LogP contribution < -0.4 is 4.90 Å². The van der Waals surface area contributed by atoms with Crippen molar-refractivity contribution in [3.05, 3.63) is 64.2 Å². The highest BCUT2D eigenvalue weighted by molar-refractivity contribution is 5.95. The molecule has 1 fully saturated rings. The summed E-state index contributed by atoms with van der Waals surface area (Å²) in [6.45, 7) is 4.93. The van der Waals surface area contributed by atoms with E-state index >= 15 is 0 Å². The van der Waals surface area contributed by atoms with Gasteiger partial charge in [0.2, 0.25) is 0 Å². The number of anilines is 1. The molecule has 0 radical (unpaired) electrons. The average Bonchev–Trinajstić information content (AvgIpc) is 2.69. The number of ether oxygens (including phenoxy) is 1. The van der Waals surface area contributed by atoms with Crippen molar-refractivity contribution < 1.29 is 9.66 Å². The van der Waals surface area contributed by atoms with Crippen LogP contribution in [0.15, 0.2) is 48.5 Å². The summed E-state index contributed by atoms with van der Waals surface area (Å²) in [5, 5.41) is 12.0. The first-order valence-electron chi connectivity index (χ1n) is 8.62. The fourth-order valence-corrected chi connectivity index (χ4v) is 3.46. The van der Waals surface area contributed by atoms with Crippen LogP contribution in [-0.4, -0.2) is 36.2 Å². The van der Waals surface area contributed by atoms with Crippen molar-refractivity contribution in [1.29, 1.82) is 0 Å². The topological polar surface area (TPSA) is 68.5 Å². The Hall–Kier alpha value is -2.99. The lowest BCUT2D eigenvalue weighted by Crippen LogP contribution is -2.37. The number of morpholine rings is 1. The lowest BCUT2D eigenvalue weighted by atomic mass is 9.96. The van der Waals surface area contributed by atoms with Gasteiger partial charge in [-0.25, -0.2) is 4.98 Å². The van der Waals surface area contributed by atoms with Gasteiger partial charge in [0.05, 0.1) is 23.7 Å². The van der Waals surface area contributed by atoms with Gasteiger partial charge in [-0.1, -0.05) is 30.3 Å². The number of benzene rings is 2. The number of hydrogen-bond acceptors (Lipinski definition) is 5.